The molecule has 0 bridgehead atoms. The van der Waals surface area contributed by atoms with Crippen molar-refractivity contribution < 1.29 is 14.6 Å². The van der Waals surface area contributed by atoms with E-state index in [-0.39, 0.29) is 5.92 Å². The van der Waals surface area contributed by atoms with Crippen molar-refractivity contribution in [3.63, 3.8) is 0 Å². The Bertz CT molecular complexity index is 421. The first-order valence-electron chi connectivity index (χ1n) is 6.95. The molecule has 1 aliphatic carbocycles. The number of rotatable bonds is 3. The molecule has 0 heterocycles. The van der Waals surface area contributed by atoms with Crippen molar-refractivity contribution >= 4 is 0 Å². The van der Waals surface area contributed by atoms with E-state index in [1.54, 1.807) is 14.2 Å². The summed E-state index contributed by atoms with van der Waals surface area (Å²) in [6.45, 7) is 4.38. The Morgan fingerprint density at radius 1 is 1.11 bits per heavy atom. The van der Waals surface area contributed by atoms with Crippen molar-refractivity contribution in [1.82, 2.24) is 0 Å². The molecule has 1 aromatic carbocycles. The first kappa shape index (κ1) is 14.2. The highest BCUT2D eigenvalue weighted by Crippen LogP contribution is 2.45. The van der Waals surface area contributed by atoms with Crippen molar-refractivity contribution in [2.75, 3.05) is 14.2 Å². The van der Waals surface area contributed by atoms with Crippen LogP contribution in [-0.4, -0.2) is 19.3 Å². The van der Waals surface area contributed by atoms with Gasteiger partial charge in [-0.15, -0.1) is 0 Å². The lowest BCUT2D eigenvalue weighted by atomic mass is 9.69. The van der Waals surface area contributed by atoms with Crippen LogP contribution >= 0.6 is 0 Å². The Labute approximate surface area is 115 Å². The summed E-state index contributed by atoms with van der Waals surface area (Å²) in [7, 11) is 3.27. The lowest BCUT2D eigenvalue weighted by molar-refractivity contribution is -0.0590. The van der Waals surface area contributed by atoms with Crippen molar-refractivity contribution in [3.8, 4) is 11.5 Å². The van der Waals surface area contributed by atoms with Gasteiger partial charge in [0.05, 0.1) is 19.8 Å². The molecule has 3 heteroatoms. The maximum absolute atomic E-state index is 11.1. The number of hydrogen-bond donors (Lipinski definition) is 1. The lowest BCUT2D eigenvalue weighted by Crippen LogP contribution is -2.38. The second-order valence-electron chi connectivity index (χ2n) is 5.81. The standard InChI is InChI=1S/C16H24O3/c1-11-5-6-16(17,12(2)7-11)13-8-14(18-3)10-15(9-13)19-4/h8-12,17H,5-7H2,1-4H3. The lowest BCUT2D eigenvalue weighted by Gasteiger charge is -2.41. The SMILES string of the molecule is COc1cc(OC)cc(C2(O)CCC(C)CC2C)c1. The molecule has 2 rings (SSSR count). The van der Waals surface area contributed by atoms with Crippen LogP contribution in [0.15, 0.2) is 18.2 Å². The summed E-state index contributed by atoms with van der Waals surface area (Å²) in [5.74, 6) is 2.39. The summed E-state index contributed by atoms with van der Waals surface area (Å²) < 4.78 is 10.6. The molecule has 0 amide bonds. The molecule has 1 aromatic rings. The van der Waals surface area contributed by atoms with Gasteiger partial charge in [-0.3, -0.25) is 0 Å². The summed E-state index contributed by atoms with van der Waals surface area (Å²) in [6, 6.07) is 5.69. The van der Waals surface area contributed by atoms with Gasteiger partial charge < -0.3 is 14.6 Å². The summed E-state index contributed by atoms with van der Waals surface area (Å²) in [6.07, 6.45) is 2.90. The first-order valence-corrected chi connectivity index (χ1v) is 6.95. The average Bonchev–Trinajstić information content (AvgIpc) is 2.42. The largest absolute Gasteiger partial charge is 0.497 e. The van der Waals surface area contributed by atoms with Gasteiger partial charge in [-0.1, -0.05) is 13.8 Å². The van der Waals surface area contributed by atoms with E-state index >= 15 is 0 Å². The molecule has 1 N–H and O–H groups in total. The molecule has 106 valence electrons. The maximum Gasteiger partial charge on any atom is 0.122 e. The van der Waals surface area contributed by atoms with Gasteiger partial charge in [0, 0.05) is 6.07 Å². The van der Waals surface area contributed by atoms with E-state index in [1.807, 2.05) is 18.2 Å². The van der Waals surface area contributed by atoms with E-state index in [0.717, 1.165) is 36.3 Å². The third-order valence-corrected chi connectivity index (χ3v) is 4.44. The predicted molar refractivity (Wildman–Crippen MR) is 75.6 cm³/mol. The van der Waals surface area contributed by atoms with E-state index in [4.69, 9.17) is 9.47 Å². The Morgan fingerprint density at radius 3 is 2.16 bits per heavy atom. The van der Waals surface area contributed by atoms with Crippen molar-refractivity contribution in [2.45, 2.75) is 38.7 Å². The zero-order valence-electron chi connectivity index (χ0n) is 12.3. The van der Waals surface area contributed by atoms with Gasteiger partial charge in [0.15, 0.2) is 0 Å². The van der Waals surface area contributed by atoms with Crippen LogP contribution in [0.4, 0.5) is 0 Å². The van der Waals surface area contributed by atoms with E-state index < -0.39 is 5.60 Å². The van der Waals surface area contributed by atoms with Gasteiger partial charge in [0.2, 0.25) is 0 Å². The molecule has 1 aliphatic rings. The van der Waals surface area contributed by atoms with E-state index in [1.165, 1.54) is 0 Å². The maximum atomic E-state index is 11.1. The van der Waals surface area contributed by atoms with E-state index in [0.29, 0.717) is 5.92 Å². The van der Waals surface area contributed by atoms with Gasteiger partial charge in [0.1, 0.15) is 11.5 Å². The Hall–Kier alpha value is -1.22. The highest BCUT2D eigenvalue weighted by atomic mass is 16.5. The van der Waals surface area contributed by atoms with Crippen LogP contribution in [0.5, 0.6) is 11.5 Å². The van der Waals surface area contributed by atoms with Crippen LogP contribution in [0, 0.1) is 11.8 Å². The Balaban J connectivity index is 2.39. The van der Waals surface area contributed by atoms with Crippen LogP contribution in [0.2, 0.25) is 0 Å². The van der Waals surface area contributed by atoms with Crippen molar-refractivity contribution in [3.05, 3.63) is 23.8 Å². The molecule has 3 nitrogen and oxygen atoms in total. The molecule has 3 unspecified atom stereocenters. The van der Waals surface area contributed by atoms with Crippen LogP contribution in [-0.2, 0) is 5.60 Å². The van der Waals surface area contributed by atoms with E-state index in [9.17, 15) is 5.11 Å². The van der Waals surface area contributed by atoms with E-state index in [2.05, 4.69) is 13.8 Å². The second kappa shape index (κ2) is 5.41. The summed E-state index contributed by atoms with van der Waals surface area (Å²) in [5.41, 5.74) is 0.136. The number of benzene rings is 1. The molecule has 0 saturated heterocycles. The molecule has 0 radical (unpaired) electrons. The molecule has 3 atom stereocenters. The molecule has 0 aromatic heterocycles. The third kappa shape index (κ3) is 2.71. The van der Waals surface area contributed by atoms with Gasteiger partial charge in [-0.25, -0.2) is 0 Å². The normalized spacial score (nSPS) is 31.0. The zero-order valence-corrected chi connectivity index (χ0v) is 12.3. The number of ether oxygens (including phenoxy) is 2. The molecule has 0 aliphatic heterocycles. The minimum atomic E-state index is -0.770. The van der Waals surface area contributed by atoms with Crippen LogP contribution in [0.1, 0.15) is 38.7 Å². The number of methoxy groups -OCH3 is 2. The van der Waals surface area contributed by atoms with Crippen LogP contribution < -0.4 is 9.47 Å². The van der Waals surface area contributed by atoms with Crippen molar-refractivity contribution in [1.29, 1.82) is 0 Å². The summed E-state index contributed by atoms with van der Waals surface area (Å²) >= 11 is 0. The molecular weight excluding hydrogens is 240 g/mol. The summed E-state index contributed by atoms with van der Waals surface area (Å²) in [5, 5.41) is 11.1. The summed E-state index contributed by atoms with van der Waals surface area (Å²) in [4.78, 5) is 0. The highest BCUT2D eigenvalue weighted by Gasteiger charge is 2.40. The minimum absolute atomic E-state index is 0.244. The molecule has 1 fully saturated rings. The smallest absolute Gasteiger partial charge is 0.122 e. The van der Waals surface area contributed by atoms with Crippen molar-refractivity contribution in [2.24, 2.45) is 11.8 Å². The second-order valence-corrected chi connectivity index (χ2v) is 5.81. The molecule has 1 saturated carbocycles. The highest BCUT2D eigenvalue weighted by molar-refractivity contribution is 5.41. The van der Waals surface area contributed by atoms with Gasteiger partial charge >= 0.3 is 0 Å². The van der Waals surface area contributed by atoms with Gasteiger partial charge in [0.25, 0.3) is 0 Å². The van der Waals surface area contributed by atoms with Gasteiger partial charge in [-0.2, -0.15) is 0 Å². The fourth-order valence-electron chi connectivity index (χ4n) is 3.12. The minimum Gasteiger partial charge on any atom is -0.497 e. The molecule has 19 heavy (non-hydrogen) atoms. The number of aliphatic hydroxyl groups is 1. The average molecular weight is 264 g/mol. The molecule has 0 spiro atoms. The Kier molecular flexibility index (Phi) is 4.04. The number of hydrogen-bond acceptors (Lipinski definition) is 3. The Morgan fingerprint density at radius 2 is 1.68 bits per heavy atom. The van der Waals surface area contributed by atoms with Crippen LogP contribution in [0.25, 0.3) is 0 Å². The monoisotopic (exact) mass is 264 g/mol. The fraction of sp³-hybridized carbons (Fsp3) is 0.625. The predicted octanol–water partition coefficient (Wildman–Crippen LogP) is 3.35. The zero-order chi connectivity index (χ0) is 14.0. The quantitative estimate of drug-likeness (QED) is 0.910. The third-order valence-electron chi connectivity index (χ3n) is 4.44. The van der Waals surface area contributed by atoms with Crippen LogP contribution in [0.3, 0.4) is 0 Å². The van der Waals surface area contributed by atoms with Gasteiger partial charge in [-0.05, 0) is 48.8 Å². The first-order chi connectivity index (χ1) is 8.99. The molecular formula is C16H24O3. The fourth-order valence-corrected chi connectivity index (χ4v) is 3.12. The topological polar surface area (TPSA) is 38.7 Å².